The smallest absolute Gasteiger partial charge is 0.163 e. The molecule has 1 aliphatic heterocycles. The molecule has 3 atom stereocenters. The van der Waals surface area contributed by atoms with Gasteiger partial charge in [0.1, 0.15) is 0 Å². The highest BCUT2D eigenvalue weighted by molar-refractivity contribution is 8.07. The topological polar surface area (TPSA) is 12.0 Å². The van der Waals surface area contributed by atoms with E-state index in [0.717, 1.165) is 24.5 Å². The number of halogens is 2. The van der Waals surface area contributed by atoms with Crippen LogP contribution in [0.5, 0.6) is 0 Å². The monoisotopic (exact) mass is 331 g/mol. The van der Waals surface area contributed by atoms with E-state index in [0.29, 0.717) is 16.4 Å². The van der Waals surface area contributed by atoms with Crippen LogP contribution in [0, 0.1) is 18.6 Å². The molecule has 1 nitrogen and oxygen atoms in total. The van der Waals surface area contributed by atoms with Gasteiger partial charge in [-0.3, -0.25) is 0 Å². The quantitative estimate of drug-likeness (QED) is 0.850. The van der Waals surface area contributed by atoms with Crippen molar-refractivity contribution < 1.29 is 8.78 Å². The van der Waals surface area contributed by atoms with Crippen molar-refractivity contribution in [3.8, 4) is 0 Å². The molecule has 1 fully saturated rings. The van der Waals surface area contributed by atoms with Crippen LogP contribution in [0.4, 0.5) is 8.78 Å². The molecule has 1 N–H and O–H groups in total. The first-order valence-electron chi connectivity index (χ1n) is 7.51. The third-order valence-corrected chi connectivity index (χ3v) is 7.24. The van der Waals surface area contributed by atoms with Gasteiger partial charge in [0.15, 0.2) is 11.6 Å². The summed E-state index contributed by atoms with van der Waals surface area (Å²) in [5.41, 5.74) is 0.836. The first-order valence-corrected chi connectivity index (χ1v) is 9.60. The molecule has 1 aromatic rings. The molecule has 0 amide bonds. The lowest BCUT2D eigenvalue weighted by atomic mass is 9.98. The van der Waals surface area contributed by atoms with Gasteiger partial charge in [-0.2, -0.15) is 23.5 Å². The molecule has 5 heteroatoms. The highest BCUT2D eigenvalue weighted by atomic mass is 32.2. The number of benzene rings is 1. The Labute approximate surface area is 134 Å². The molecule has 118 valence electrons. The summed E-state index contributed by atoms with van der Waals surface area (Å²) in [7, 11) is 0. The van der Waals surface area contributed by atoms with Crippen molar-refractivity contribution in [1.82, 2.24) is 5.32 Å². The number of hydrogen-bond acceptors (Lipinski definition) is 3. The Hall–Kier alpha value is -0.260. The van der Waals surface area contributed by atoms with Crippen LogP contribution in [0.1, 0.15) is 37.4 Å². The second-order valence-corrected chi connectivity index (χ2v) is 7.92. The molecule has 0 spiro atoms. The molecule has 21 heavy (non-hydrogen) atoms. The Morgan fingerprint density at radius 3 is 2.57 bits per heavy atom. The van der Waals surface area contributed by atoms with Crippen molar-refractivity contribution in [3.05, 3.63) is 34.9 Å². The van der Waals surface area contributed by atoms with E-state index in [9.17, 15) is 8.78 Å². The SMILES string of the molecule is CCNC(c1ccc(C)c(F)c1F)C1SCCSC1CC. The van der Waals surface area contributed by atoms with Gasteiger partial charge >= 0.3 is 0 Å². The Balaban J connectivity index is 2.36. The maximum Gasteiger partial charge on any atom is 0.163 e. The van der Waals surface area contributed by atoms with Crippen LogP contribution in [0.15, 0.2) is 12.1 Å². The zero-order chi connectivity index (χ0) is 15.4. The van der Waals surface area contributed by atoms with Gasteiger partial charge in [0.25, 0.3) is 0 Å². The van der Waals surface area contributed by atoms with Crippen LogP contribution in [0.3, 0.4) is 0 Å². The van der Waals surface area contributed by atoms with Crippen molar-refractivity contribution >= 4 is 23.5 Å². The number of rotatable bonds is 5. The standard InChI is InChI=1S/C16H23F2NS2/c1-4-12-16(21-9-8-20-12)15(19-5-2)11-7-6-10(3)13(17)14(11)18/h6-7,12,15-16,19H,4-5,8-9H2,1-3H3. The Morgan fingerprint density at radius 2 is 1.90 bits per heavy atom. The van der Waals surface area contributed by atoms with E-state index in [1.54, 1.807) is 19.1 Å². The minimum absolute atomic E-state index is 0.132. The lowest BCUT2D eigenvalue weighted by Crippen LogP contribution is -2.39. The number of nitrogens with one attached hydrogen (secondary N) is 1. The van der Waals surface area contributed by atoms with E-state index in [4.69, 9.17) is 0 Å². The predicted octanol–water partition coefficient (Wildman–Crippen LogP) is 4.55. The maximum atomic E-state index is 14.4. The Bertz CT molecular complexity index is 482. The van der Waals surface area contributed by atoms with E-state index in [1.807, 2.05) is 30.4 Å². The van der Waals surface area contributed by atoms with Crippen molar-refractivity contribution in [2.45, 2.75) is 43.7 Å². The molecule has 0 bridgehead atoms. The summed E-state index contributed by atoms with van der Waals surface area (Å²) in [5.74, 6) is 0.816. The lowest BCUT2D eigenvalue weighted by Gasteiger charge is -2.36. The highest BCUT2D eigenvalue weighted by Crippen LogP contribution is 2.41. The van der Waals surface area contributed by atoms with E-state index in [1.165, 1.54) is 0 Å². The zero-order valence-electron chi connectivity index (χ0n) is 12.8. The first-order chi connectivity index (χ1) is 10.1. The fourth-order valence-electron chi connectivity index (χ4n) is 2.77. The summed E-state index contributed by atoms with van der Waals surface area (Å²) in [4.78, 5) is 0. The molecule has 0 saturated carbocycles. The summed E-state index contributed by atoms with van der Waals surface area (Å²) in [6, 6.07) is 3.29. The van der Waals surface area contributed by atoms with E-state index in [2.05, 4.69) is 12.2 Å². The molecule has 1 aromatic carbocycles. The Kier molecular flexibility index (Phi) is 6.38. The summed E-state index contributed by atoms with van der Waals surface area (Å²) in [6.07, 6.45) is 1.06. The van der Waals surface area contributed by atoms with Crippen LogP contribution >= 0.6 is 23.5 Å². The van der Waals surface area contributed by atoms with Gasteiger partial charge in [0.05, 0.1) is 0 Å². The minimum Gasteiger partial charge on any atom is -0.309 e. The number of thioether (sulfide) groups is 2. The van der Waals surface area contributed by atoms with Gasteiger partial charge in [-0.25, -0.2) is 8.78 Å². The minimum atomic E-state index is -0.711. The van der Waals surface area contributed by atoms with Gasteiger partial charge in [0, 0.05) is 33.6 Å². The molecule has 0 aromatic heterocycles. The molecular formula is C16H23F2NS2. The fraction of sp³-hybridized carbons (Fsp3) is 0.625. The van der Waals surface area contributed by atoms with Crippen LogP contribution in [-0.4, -0.2) is 28.6 Å². The van der Waals surface area contributed by atoms with Crippen LogP contribution in [0.2, 0.25) is 0 Å². The molecule has 2 rings (SSSR count). The summed E-state index contributed by atoms with van der Waals surface area (Å²) < 4.78 is 28.3. The van der Waals surface area contributed by atoms with Gasteiger partial charge in [-0.1, -0.05) is 26.0 Å². The van der Waals surface area contributed by atoms with Gasteiger partial charge in [-0.05, 0) is 25.5 Å². The average molecular weight is 331 g/mol. The predicted molar refractivity (Wildman–Crippen MR) is 90.3 cm³/mol. The highest BCUT2D eigenvalue weighted by Gasteiger charge is 2.34. The lowest BCUT2D eigenvalue weighted by molar-refractivity contribution is 0.450. The zero-order valence-corrected chi connectivity index (χ0v) is 14.4. The Morgan fingerprint density at radius 1 is 1.19 bits per heavy atom. The van der Waals surface area contributed by atoms with Gasteiger partial charge in [-0.15, -0.1) is 0 Å². The van der Waals surface area contributed by atoms with Crippen LogP contribution < -0.4 is 5.32 Å². The summed E-state index contributed by atoms with van der Waals surface area (Å²) >= 11 is 3.84. The summed E-state index contributed by atoms with van der Waals surface area (Å²) in [6.45, 7) is 6.53. The number of aryl methyl sites for hydroxylation is 1. The molecule has 1 saturated heterocycles. The maximum absolute atomic E-state index is 14.4. The molecule has 1 heterocycles. The average Bonchev–Trinajstić information content (AvgIpc) is 2.51. The molecule has 0 aliphatic carbocycles. The van der Waals surface area contributed by atoms with Crippen molar-refractivity contribution in [3.63, 3.8) is 0 Å². The second kappa shape index (κ2) is 7.84. The summed E-state index contributed by atoms with van der Waals surface area (Å²) in [5, 5.41) is 4.15. The van der Waals surface area contributed by atoms with E-state index >= 15 is 0 Å². The fourth-order valence-corrected chi connectivity index (χ4v) is 6.01. The first kappa shape index (κ1) is 17.1. The van der Waals surface area contributed by atoms with Crippen molar-refractivity contribution in [1.29, 1.82) is 0 Å². The third kappa shape index (κ3) is 3.74. The van der Waals surface area contributed by atoms with Gasteiger partial charge < -0.3 is 5.32 Å². The van der Waals surface area contributed by atoms with Crippen LogP contribution in [-0.2, 0) is 0 Å². The molecule has 1 aliphatic rings. The van der Waals surface area contributed by atoms with Gasteiger partial charge in [0.2, 0.25) is 0 Å². The third-order valence-electron chi connectivity index (χ3n) is 3.89. The van der Waals surface area contributed by atoms with E-state index < -0.39 is 11.6 Å². The largest absolute Gasteiger partial charge is 0.309 e. The van der Waals surface area contributed by atoms with Crippen molar-refractivity contribution in [2.24, 2.45) is 0 Å². The van der Waals surface area contributed by atoms with Crippen molar-refractivity contribution in [2.75, 3.05) is 18.1 Å². The van der Waals surface area contributed by atoms with Crippen LogP contribution in [0.25, 0.3) is 0 Å². The molecule has 3 unspecified atom stereocenters. The van der Waals surface area contributed by atoms with E-state index in [-0.39, 0.29) is 11.3 Å². The second-order valence-electron chi connectivity index (χ2n) is 5.29. The normalized spacial score (nSPS) is 24.0. The number of hydrogen-bond donors (Lipinski definition) is 1. The molecule has 0 radical (unpaired) electrons. The molecular weight excluding hydrogens is 308 g/mol.